The molecule has 1 aromatic rings. The third-order valence-corrected chi connectivity index (χ3v) is 2.65. The Balaban J connectivity index is 2.49. The number of nitrogens with zero attached hydrogens (tertiary/aromatic N) is 1. The van der Waals surface area contributed by atoms with Gasteiger partial charge in [0, 0.05) is 12.0 Å². The van der Waals surface area contributed by atoms with E-state index in [4.69, 9.17) is 4.52 Å². The van der Waals surface area contributed by atoms with Crippen LogP contribution in [0.3, 0.4) is 0 Å². The molecular formula is C12H20N2O2. The van der Waals surface area contributed by atoms with Crippen LogP contribution in [0.2, 0.25) is 0 Å². The minimum Gasteiger partial charge on any atom is -0.360 e. The number of anilines is 1. The fourth-order valence-electron chi connectivity index (χ4n) is 1.62. The lowest BCUT2D eigenvalue weighted by Crippen LogP contribution is -2.22. The van der Waals surface area contributed by atoms with Gasteiger partial charge >= 0.3 is 0 Å². The number of unbranched alkanes of at least 4 members (excludes halogenated alkanes) is 1. The van der Waals surface area contributed by atoms with Crippen molar-refractivity contribution in [3.63, 3.8) is 0 Å². The monoisotopic (exact) mass is 224 g/mol. The molecule has 0 aromatic carbocycles. The number of nitrogens with one attached hydrogen (secondary N) is 1. The summed E-state index contributed by atoms with van der Waals surface area (Å²) in [7, 11) is 0. The number of hydrogen-bond acceptors (Lipinski definition) is 3. The van der Waals surface area contributed by atoms with Crippen molar-refractivity contribution >= 4 is 11.7 Å². The Morgan fingerprint density at radius 2 is 2.31 bits per heavy atom. The Hall–Kier alpha value is -1.32. The van der Waals surface area contributed by atoms with Crippen LogP contribution in [0.1, 0.15) is 45.3 Å². The Kier molecular flexibility index (Phi) is 5.02. The van der Waals surface area contributed by atoms with E-state index in [1.165, 1.54) is 0 Å². The highest BCUT2D eigenvalue weighted by atomic mass is 16.5. The lowest BCUT2D eigenvalue weighted by atomic mass is 9.98. The first-order valence-electron chi connectivity index (χ1n) is 5.91. The van der Waals surface area contributed by atoms with Gasteiger partial charge in [-0.1, -0.05) is 31.8 Å². The van der Waals surface area contributed by atoms with E-state index in [1.54, 1.807) is 13.0 Å². The summed E-state index contributed by atoms with van der Waals surface area (Å²) in [6.45, 7) is 5.97. The fourth-order valence-corrected chi connectivity index (χ4v) is 1.62. The van der Waals surface area contributed by atoms with Crippen molar-refractivity contribution in [3.8, 4) is 0 Å². The molecule has 1 heterocycles. The summed E-state index contributed by atoms with van der Waals surface area (Å²) in [6.07, 6.45) is 4.01. The lowest BCUT2D eigenvalue weighted by molar-refractivity contribution is -0.120. The van der Waals surface area contributed by atoms with E-state index in [0.717, 1.165) is 25.7 Å². The SMILES string of the molecule is CCCC[C@@H](CC)C(=O)Nc1cc(C)on1. The van der Waals surface area contributed by atoms with Crippen molar-refractivity contribution in [2.24, 2.45) is 5.92 Å². The molecule has 1 amide bonds. The van der Waals surface area contributed by atoms with Crippen LogP contribution < -0.4 is 5.32 Å². The molecule has 1 atom stereocenters. The van der Waals surface area contributed by atoms with Gasteiger partial charge in [0.25, 0.3) is 0 Å². The van der Waals surface area contributed by atoms with Gasteiger partial charge in [0.05, 0.1) is 0 Å². The van der Waals surface area contributed by atoms with Crippen molar-refractivity contribution < 1.29 is 9.32 Å². The Labute approximate surface area is 96.4 Å². The third-order valence-electron chi connectivity index (χ3n) is 2.65. The molecule has 0 aliphatic heterocycles. The Morgan fingerprint density at radius 3 is 2.81 bits per heavy atom. The van der Waals surface area contributed by atoms with Crippen LogP contribution >= 0.6 is 0 Å². The van der Waals surface area contributed by atoms with Gasteiger partial charge in [-0.2, -0.15) is 0 Å². The minimum atomic E-state index is 0.0456. The van der Waals surface area contributed by atoms with E-state index in [2.05, 4.69) is 17.4 Å². The number of aryl methyl sites for hydroxylation is 1. The standard InChI is InChI=1S/C12H20N2O2/c1-4-6-7-10(5-2)12(15)13-11-8-9(3)16-14-11/h8,10H,4-7H2,1-3H3,(H,13,14,15)/t10-/m1/s1. The molecule has 90 valence electrons. The number of rotatable bonds is 6. The van der Waals surface area contributed by atoms with E-state index < -0.39 is 0 Å². The molecule has 0 saturated carbocycles. The second-order valence-electron chi connectivity index (χ2n) is 4.06. The van der Waals surface area contributed by atoms with Crippen molar-refractivity contribution in [1.82, 2.24) is 5.16 Å². The number of carbonyl (C=O) groups excluding carboxylic acids is 1. The first-order valence-corrected chi connectivity index (χ1v) is 5.91. The minimum absolute atomic E-state index is 0.0456. The van der Waals surface area contributed by atoms with Gasteiger partial charge in [0.2, 0.25) is 5.91 Å². The number of amides is 1. The highest BCUT2D eigenvalue weighted by Gasteiger charge is 2.16. The van der Waals surface area contributed by atoms with E-state index in [1.807, 2.05) is 6.92 Å². The number of hydrogen-bond donors (Lipinski definition) is 1. The van der Waals surface area contributed by atoms with Gasteiger partial charge in [-0.05, 0) is 19.8 Å². The highest BCUT2D eigenvalue weighted by Crippen LogP contribution is 2.15. The van der Waals surface area contributed by atoms with Crippen LogP contribution in [-0.2, 0) is 4.79 Å². The zero-order chi connectivity index (χ0) is 12.0. The van der Waals surface area contributed by atoms with Gasteiger partial charge in [-0.3, -0.25) is 4.79 Å². The smallest absolute Gasteiger partial charge is 0.228 e. The van der Waals surface area contributed by atoms with Gasteiger partial charge in [0.1, 0.15) is 5.76 Å². The maximum Gasteiger partial charge on any atom is 0.228 e. The fraction of sp³-hybridized carbons (Fsp3) is 0.667. The average Bonchev–Trinajstić information content (AvgIpc) is 2.65. The molecular weight excluding hydrogens is 204 g/mol. The normalized spacial score (nSPS) is 12.4. The molecule has 1 N–H and O–H groups in total. The molecule has 1 rings (SSSR count). The maximum atomic E-state index is 11.9. The number of aromatic nitrogens is 1. The largest absolute Gasteiger partial charge is 0.360 e. The van der Waals surface area contributed by atoms with Crippen LogP contribution in [0.4, 0.5) is 5.82 Å². The molecule has 16 heavy (non-hydrogen) atoms. The third kappa shape index (κ3) is 3.68. The van der Waals surface area contributed by atoms with Crippen molar-refractivity contribution in [3.05, 3.63) is 11.8 Å². The van der Waals surface area contributed by atoms with Gasteiger partial charge in [-0.25, -0.2) is 0 Å². The van der Waals surface area contributed by atoms with E-state index >= 15 is 0 Å². The summed E-state index contributed by atoms with van der Waals surface area (Å²) in [4.78, 5) is 11.9. The van der Waals surface area contributed by atoms with Crippen LogP contribution in [0.15, 0.2) is 10.6 Å². The first-order chi connectivity index (χ1) is 7.67. The molecule has 4 nitrogen and oxygen atoms in total. The quantitative estimate of drug-likeness (QED) is 0.807. The molecule has 1 aromatic heterocycles. The Bertz CT molecular complexity index is 334. The molecule has 0 bridgehead atoms. The molecule has 0 radical (unpaired) electrons. The number of carbonyl (C=O) groups is 1. The molecule has 0 fully saturated rings. The summed E-state index contributed by atoms with van der Waals surface area (Å²) < 4.78 is 4.90. The molecule has 0 unspecified atom stereocenters. The summed E-state index contributed by atoms with van der Waals surface area (Å²) >= 11 is 0. The highest BCUT2D eigenvalue weighted by molar-refractivity contribution is 5.91. The predicted molar refractivity (Wildman–Crippen MR) is 63.2 cm³/mol. The molecule has 0 spiro atoms. The lowest BCUT2D eigenvalue weighted by Gasteiger charge is -2.12. The van der Waals surface area contributed by atoms with E-state index in [-0.39, 0.29) is 11.8 Å². The second-order valence-corrected chi connectivity index (χ2v) is 4.06. The van der Waals surface area contributed by atoms with E-state index in [0.29, 0.717) is 11.6 Å². The van der Waals surface area contributed by atoms with Gasteiger partial charge in [-0.15, -0.1) is 0 Å². The summed E-state index contributed by atoms with van der Waals surface area (Å²) in [5.41, 5.74) is 0. The summed E-state index contributed by atoms with van der Waals surface area (Å²) in [6, 6.07) is 1.73. The van der Waals surface area contributed by atoms with Crippen LogP contribution in [0.5, 0.6) is 0 Å². The van der Waals surface area contributed by atoms with Crippen molar-refractivity contribution in [1.29, 1.82) is 0 Å². The first kappa shape index (κ1) is 12.7. The molecule has 0 aliphatic carbocycles. The van der Waals surface area contributed by atoms with Crippen LogP contribution in [0.25, 0.3) is 0 Å². The summed E-state index contributed by atoms with van der Waals surface area (Å²) in [5.74, 6) is 1.34. The van der Waals surface area contributed by atoms with Crippen LogP contribution in [-0.4, -0.2) is 11.1 Å². The molecule has 0 aliphatic rings. The maximum absolute atomic E-state index is 11.9. The second kappa shape index (κ2) is 6.30. The van der Waals surface area contributed by atoms with E-state index in [9.17, 15) is 4.79 Å². The predicted octanol–water partition coefficient (Wildman–Crippen LogP) is 3.14. The van der Waals surface area contributed by atoms with Crippen LogP contribution in [0, 0.1) is 12.8 Å². The van der Waals surface area contributed by atoms with Gasteiger partial charge < -0.3 is 9.84 Å². The summed E-state index contributed by atoms with van der Waals surface area (Å²) in [5, 5.41) is 6.52. The average molecular weight is 224 g/mol. The zero-order valence-corrected chi connectivity index (χ0v) is 10.2. The topological polar surface area (TPSA) is 55.1 Å². The van der Waals surface area contributed by atoms with Crippen molar-refractivity contribution in [2.45, 2.75) is 46.5 Å². The van der Waals surface area contributed by atoms with Gasteiger partial charge in [0.15, 0.2) is 5.82 Å². The molecule has 0 saturated heterocycles. The zero-order valence-electron chi connectivity index (χ0n) is 10.2. The molecule has 4 heteroatoms. The Morgan fingerprint density at radius 1 is 1.56 bits per heavy atom. The van der Waals surface area contributed by atoms with Crippen molar-refractivity contribution in [2.75, 3.05) is 5.32 Å².